The maximum atomic E-state index is 6.39. The first-order valence-electron chi connectivity index (χ1n) is 7.49. The van der Waals surface area contributed by atoms with E-state index in [1.165, 1.54) is 12.0 Å². The first-order valence-corrected chi connectivity index (χ1v) is 7.86. The van der Waals surface area contributed by atoms with Gasteiger partial charge in [0.1, 0.15) is 11.0 Å². The number of fused-ring (bicyclic) bond motifs is 1. The van der Waals surface area contributed by atoms with Crippen LogP contribution in [-0.2, 0) is 23.2 Å². The van der Waals surface area contributed by atoms with Gasteiger partial charge in [0.2, 0.25) is 0 Å². The smallest absolute Gasteiger partial charge is 0.140 e. The Bertz CT molecular complexity index is 668. The van der Waals surface area contributed by atoms with Gasteiger partial charge in [0.25, 0.3) is 0 Å². The van der Waals surface area contributed by atoms with Crippen molar-refractivity contribution in [3.8, 4) is 0 Å². The third-order valence-corrected chi connectivity index (χ3v) is 5.05. The summed E-state index contributed by atoms with van der Waals surface area (Å²) in [5.74, 6) is 0.894. The van der Waals surface area contributed by atoms with Gasteiger partial charge >= 0.3 is 0 Å². The third-order valence-electron chi connectivity index (χ3n) is 4.73. The van der Waals surface area contributed by atoms with Gasteiger partial charge in [-0.2, -0.15) is 0 Å². The van der Waals surface area contributed by atoms with Gasteiger partial charge in [-0.15, -0.1) is 0 Å². The van der Waals surface area contributed by atoms with E-state index in [0.29, 0.717) is 11.8 Å². The zero-order valence-corrected chi connectivity index (χ0v) is 12.6. The van der Waals surface area contributed by atoms with Gasteiger partial charge < -0.3 is 4.74 Å². The quantitative estimate of drug-likeness (QED) is 0.794. The fourth-order valence-corrected chi connectivity index (χ4v) is 3.58. The van der Waals surface area contributed by atoms with E-state index in [0.717, 1.165) is 43.0 Å². The molecule has 0 bridgehead atoms. The van der Waals surface area contributed by atoms with Crippen molar-refractivity contribution in [2.24, 2.45) is 0 Å². The molecule has 4 heteroatoms. The summed E-state index contributed by atoms with van der Waals surface area (Å²) in [6.07, 6.45) is 4.25. The Balaban J connectivity index is 1.83. The molecule has 2 aromatic rings. The molecule has 1 saturated carbocycles. The summed E-state index contributed by atoms with van der Waals surface area (Å²) in [7, 11) is 0. The van der Waals surface area contributed by atoms with Crippen LogP contribution in [0.5, 0.6) is 0 Å². The van der Waals surface area contributed by atoms with Gasteiger partial charge in [0.05, 0.1) is 24.3 Å². The summed E-state index contributed by atoms with van der Waals surface area (Å²) in [6, 6.07) is 10.6. The SMILES string of the molecule is Clc1nc(C2(c3ccccc3)CCC2)nc2c1COCC2. The topological polar surface area (TPSA) is 35.0 Å². The van der Waals surface area contributed by atoms with Gasteiger partial charge in [-0.3, -0.25) is 0 Å². The number of benzene rings is 1. The highest BCUT2D eigenvalue weighted by Crippen LogP contribution is 2.48. The largest absolute Gasteiger partial charge is 0.376 e. The fraction of sp³-hybridized carbons (Fsp3) is 0.412. The van der Waals surface area contributed by atoms with Gasteiger partial charge in [0.15, 0.2) is 0 Å². The predicted molar refractivity (Wildman–Crippen MR) is 81.5 cm³/mol. The van der Waals surface area contributed by atoms with Crippen molar-refractivity contribution in [2.45, 2.75) is 37.7 Å². The highest BCUT2D eigenvalue weighted by atomic mass is 35.5. The summed E-state index contributed by atoms with van der Waals surface area (Å²) >= 11 is 6.39. The van der Waals surface area contributed by atoms with E-state index >= 15 is 0 Å². The molecule has 1 aromatic heterocycles. The second-order valence-electron chi connectivity index (χ2n) is 5.87. The molecule has 1 fully saturated rings. The van der Waals surface area contributed by atoms with Crippen LogP contribution in [-0.4, -0.2) is 16.6 Å². The summed E-state index contributed by atoms with van der Waals surface area (Å²) in [6.45, 7) is 1.25. The second kappa shape index (κ2) is 5.08. The van der Waals surface area contributed by atoms with Crippen molar-refractivity contribution in [3.63, 3.8) is 0 Å². The molecule has 108 valence electrons. The molecule has 2 heterocycles. The minimum Gasteiger partial charge on any atom is -0.376 e. The van der Waals surface area contributed by atoms with Crippen molar-refractivity contribution in [3.05, 3.63) is 58.1 Å². The van der Waals surface area contributed by atoms with E-state index in [2.05, 4.69) is 29.2 Å². The third kappa shape index (κ3) is 2.07. The van der Waals surface area contributed by atoms with E-state index < -0.39 is 0 Å². The molecule has 1 aliphatic carbocycles. The molecular weight excluding hydrogens is 284 g/mol. The first kappa shape index (κ1) is 13.2. The van der Waals surface area contributed by atoms with Crippen molar-refractivity contribution in [2.75, 3.05) is 6.61 Å². The monoisotopic (exact) mass is 300 g/mol. The van der Waals surface area contributed by atoms with E-state index in [9.17, 15) is 0 Å². The van der Waals surface area contributed by atoms with Crippen LogP contribution in [0.3, 0.4) is 0 Å². The van der Waals surface area contributed by atoms with Crippen molar-refractivity contribution in [1.82, 2.24) is 9.97 Å². The zero-order valence-electron chi connectivity index (χ0n) is 11.8. The molecule has 3 nitrogen and oxygen atoms in total. The zero-order chi connectivity index (χ0) is 14.3. The standard InChI is InChI=1S/C17H17ClN2O/c18-15-13-11-21-10-7-14(13)19-16(20-15)17(8-4-9-17)12-5-2-1-3-6-12/h1-3,5-6H,4,7-11H2. The number of ether oxygens (including phenoxy) is 1. The maximum Gasteiger partial charge on any atom is 0.140 e. The van der Waals surface area contributed by atoms with Gasteiger partial charge in [-0.05, 0) is 18.4 Å². The Hall–Kier alpha value is -1.45. The second-order valence-corrected chi connectivity index (χ2v) is 6.23. The fourth-order valence-electron chi connectivity index (χ4n) is 3.34. The van der Waals surface area contributed by atoms with Crippen LogP contribution in [0.25, 0.3) is 0 Å². The lowest BCUT2D eigenvalue weighted by Crippen LogP contribution is -2.38. The normalized spacial score (nSPS) is 19.7. The summed E-state index contributed by atoms with van der Waals surface area (Å²) in [4.78, 5) is 9.50. The number of rotatable bonds is 2. The number of hydrogen-bond acceptors (Lipinski definition) is 3. The van der Waals surface area contributed by atoms with Crippen molar-refractivity contribution >= 4 is 11.6 Å². The predicted octanol–water partition coefficient (Wildman–Crippen LogP) is 3.67. The van der Waals surface area contributed by atoms with Crippen LogP contribution in [0, 0.1) is 0 Å². The molecule has 0 atom stereocenters. The molecule has 0 spiro atoms. The minimum atomic E-state index is -0.0434. The lowest BCUT2D eigenvalue weighted by Gasteiger charge is -2.41. The summed E-state index contributed by atoms with van der Waals surface area (Å²) in [5.41, 5.74) is 3.30. The molecule has 0 radical (unpaired) electrons. The van der Waals surface area contributed by atoms with E-state index in [-0.39, 0.29) is 5.41 Å². The molecule has 4 rings (SSSR count). The van der Waals surface area contributed by atoms with Gasteiger partial charge in [-0.1, -0.05) is 48.4 Å². The van der Waals surface area contributed by atoms with E-state index in [1.54, 1.807) is 0 Å². The van der Waals surface area contributed by atoms with Crippen LogP contribution < -0.4 is 0 Å². The van der Waals surface area contributed by atoms with Crippen molar-refractivity contribution < 1.29 is 4.74 Å². The highest BCUT2D eigenvalue weighted by Gasteiger charge is 2.43. The molecular formula is C17H17ClN2O. The summed E-state index contributed by atoms with van der Waals surface area (Å²) < 4.78 is 5.46. The van der Waals surface area contributed by atoms with Crippen LogP contribution in [0.15, 0.2) is 30.3 Å². The molecule has 1 aromatic carbocycles. The molecule has 0 unspecified atom stereocenters. The Labute approximate surface area is 129 Å². The van der Waals surface area contributed by atoms with E-state index in [1.807, 2.05) is 6.07 Å². The lowest BCUT2D eigenvalue weighted by atomic mass is 9.64. The van der Waals surface area contributed by atoms with Crippen molar-refractivity contribution in [1.29, 1.82) is 0 Å². The Kier molecular flexibility index (Phi) is 3.20. The first-order chi connectivity index (χ1) is 10.3. The van der Waals surface area contributed by atoms with Crippen LogP contribution >= 0.6 is 11.6 Å². The van der Waals surface area contributed by atoms with Crippen LogP contribution in [0.2, 0.25) is 5.15 Å². The number of halogens is 1. The molecule has 1 aliphatic heterocycles. The molecule has 2 aliphatic rings. The lowest BCUT2D eigenvalue weighted by molar-refractivity contribution is 0.108. The number of nitrogens with zero attached hydrogens (tertiary/aromatic N) is 2. The van der Waals surface area contributed by atoms with Gasteiger partial charge in [0, 0.05) is 12.0 Å². The Morgan fingerprint density at radius 2 is 1.90 bits per heavy atom. The minimum absolute atomic E-state index is 0.0434. The number of aromatic nitrogens is 2. The van der Waals surface area contributed by atoms with Crippen LogP contribution in [0.1, 0.15) is 41.9 Å². The molecule has 0 amide bonds. The van der Waals surface area contributed by atoms with Crippen LogP contribution in [0.4, 0.5) is 0 Å². The molecule has 0 N–H and O–H groups in total. The highest BCUT2D eigenvalue weighted by molar-refractivity contribution is 6.30. The molecule has 21 heavy (non-hydrogen) atoms. The average Bonchev–Trinajstić information content (AvgIpc) is 2.47. The maximum absolute atomic E-state index is 6.39. The number of hydrogen-bond donors (Lipinski definition) is 0. The van der Waals surface area contributed by atoms with Gasteiger partial charge in [-0.25, -0.2) is 9.97 Å². The average molecular weight is 301 g/mol. The Morgan fingerprint density at radius 1 is 1.10 bits per heavy atom. The molecule has 0 saturated heterocycles. The Morgan fingerprint density at radius 3 is 2.62 bits per heavy atom. The summed E-state index contributed by atoms with van der Waals surface area (Å²) in [5, 5.41) is 0.567. The van der Waals surface area contributed by atoms with E-state index in [4.69, 9.17) is 21.3 Å².